The summed E-state index contributed by atoms with van der Waals surface area (Å²) in [7, 11) is 0. The number of anilines is 1. The van der Waals surface area contributed by atoms with Gasteiger partial charge in [0.05, 0.1) is 0 Å². The first kappa shape index (κ1) is 17.0. The highest BCUT2D eigenvalue weighted by Gasteiger charge is 2.18. The number of hydrogen-bond acceptors (Lipinski definition) is 3. The van der Waals surface area contributed by atoms with E-state index in [1.54, 1.807) is 30.3 Å². The van der Waals surface area contributed by atoms with E-state index in [9.17, 15) is 9.59 Å². The molecule has 5 nitrogen and oxygen atoms in total. The Kier molecular flexibility index (Phi) is 5.33. The smallest absolute Gasteiger partial charge is 0.260 e. The second-order valence-corrected chi connectivity index (χ2v) is 6.17. The third-order valence-corrected chi connectivity index (χ3v) is 4.30. The number of aryl methyl sites for hydroxylation is 1. The SMILES string of the molecule is Cc1ccccc1C(=O)Nc1cccc(OCC(=O)N2CCCC2)c1. The summed E-state index contributed by atoms with van der Waals surface area (Å²) in [6, 6.07) is 14.5. The Morgan fingerprint density at radius 2 is 1.84 bits per heavy atom. The van der Waals surface area contributed by atoms with Crippen LogP contribution in [0.3, 0.4) is 0 Å². The van der Waals surface area contributed by atoms with Crippen molar-refractivity contribution in [2.24, 2.45) is 0 Å². The van der Waals surface area contributed by atoms with Crippen molar-refractivity contribution in [3.63, 3.8) is 0 Å². The van der Waals surface area contributed by atoms with Crippen LogP contribution in [0.15, 0.2) is 48.5 Å². The van der Waals surface area contributed by atoms with Crippen LogP contribution >= 0.6 is 0 Å². The molecule has 1 heterocycles. The molecule has 5 heteroatoms. The van der Waals surface area contributed by atoms with Crippen molar-refractivity contribution >= 4 is 17.5 Å². The highest BCUT2D eigenvalue weighted by molar-refractivity contribution is 6.05. The fourth-order valence-electron chi connectivity index (χ4n) is 2.89. The van der Waals surface area contributed by atoms with Crippen LogP contribution in [0.5, 0.6) is 5.75 Å². The van der Waals surface area contributed by atoms with Gasteiger partial charge in [-0.15, -0.1) is 0 Å². The normalized spacial score (nSPS) is 13.6. The molecule has 2 aromatic rings. The Bertz CT molecular complexity index is 767. The van der Waals surface area contributed by atoms with Gasteiger partial charge in [-0.05, 0) is 43.5 Å². The average molecular weight is 338 g/mol. The first-order chi connectivity index (χ1) is 12.1. The fraction of sp³-hybridized carbons (Fsp3) is 0.300. The van der Waals surface area contributed by atoms with E-state index < -0.39 is 0 Å². The molecule has 0 aliphatic carbocycles. The molecule has 0 saturated carbocycles. The van der Waals surface area contributed by atoms with Crippen molar-refractivity contribution < 1.29 is 14.3 Å². The zero-order chi connectivity index (χ0) is 17.6. The quantitative estimate of drug-likeness (QED) is 0.910. The summed E-state index contributed by atoms with van der Waals surface area (Å²) in [5.74, 6) is 0.408. The summed E-state index contributed by atoms with van der Waals surface area (Å²) in [5, 5.41) is 2.87. The van der Waals surface area contributed by atoms with E-state index >= 15 is 0 Å². The monoisotopic (exact) mass is 338 g/mol. The Labute approximate surface area is 147 Å². The summed E-state index contributed by atoms with van der Waals surface area (Å²) < 4.78 is 5.59. The number of carbonyl (C=O) groups excluding carboxylic acids is 2. The minimum absolute atomic E-state index is 0.00634. The van der Waals surface area contributed by atoms with Crippen LogP contribution in [0.1, 0.15) is 28.8 Å². The molecule has 1 aliphatic rings. The van der Waals surface area contributed by atoms with Gasteiger partial charge in [0.15, 0.2) is 6.61 Å². The minimum atomic E-state index is -0.164. The molecule has 0 atom stereocenters. The first-order valence-electron chi connectivity index (χ1n) is 8.51. The molecule has 3 rings (SSSR count). The maximum Gasteiger partial charge on any atom is 0.260 e. The van der Waals surface area contributed by atoms with E-state index in [2.05, 4.69) is 5.32 Å². The van der Waals surface area contributed by atoms with Crippen molar-refractivity contribution in [3.05, 3.63) is 59.7 Å². The molecule has 25 heavy (non-hydrogen) atoms. The lowest BCUT2D eigenvalue weighted by atomic mass is 10.1. The van der Waals surface area contributed by atoms with Gasteiger partial charge in [-0.1, -0.05) is 24.3 Å². The lowest BCUT2D eigenvalue weighted by Gasteiger charge is -2.16. The fourth-order valence-corrected chi connectivity index (χ4v) is 2.89. The zero-order valence-corrected chi connectivity index (χ0v) is 14.3. The third kappa shape index (κ3) is 4.38. The summed E-state index contributed by atoms with van der Waals surface area (Å²) in [6.07, 6.45) is 2.12. The first-order valence-corrected chi connectivity index (χ1v) is 8.51. The van der Waals surface area contributed by atoms with Crippen LogP contribution in [0, 0.1) is 6.92 Å². The molecule has 2 amide bonds. The maximum atomic E-state index is 12.4. The molecular weight excluding hydrogens is 316 g/mol. The van der Waals surface area contributed by atoms with Gasteiger partial charge in [-0.2, -0.15) is 0 Å². The number of likely N-dealkylation sites (tertiary alicyclic amines) is 1. The zero-order valence-electron chi connectivity index (χ0n) is 14.3. The number of rotatable bonds is 5. The van der Waals surface area contributed by atoms with Crippen molar-refractivity contribution in [1.29, 1.82) is 0 Å². The van der Waals surface area contributed by atoms with Crippen molar-refractivity contribution in [2.75, 3.05) is 25.0 Å². The van der Waals surface area contributed by atoms with Crippen molar-refractivity contribution in [1.82, 2.24) is 4.90 Å². The Morgan fingerprint density at radius 3 is 2.60 bits per heavy atom. The van der Waals surface area contributed by atoms with Gasteiger partial charge in [0, 0.05) is 30.4 Å². The number of benzene rings is 2. The molecule has 0 spiro atoms. The van der Waals surface area contributed by atoms with Crippen LogP contribution in [0.25, 0.3) is 0 Å². The summed E-state index contributed by atoms with van der Waals surface area (Å²) in [5.41, 5.74) is 2.20. The minimum Gasteiger partial charge on any atom is -0.484 e. The molecular formula is C20H22N2O3. The lowest BCUT2D eigenvalue weighted by Crippen LogP contribution is -2.32. The Balaban J connectivity index is 1.60. The molecule has 1 N–H and O–H groups in total. The van der Waals surface area contributed by atoms with Crippen LogP contribution in [0.4, 0.5) is 5.69 Å². The molecule has 0 bridgehead atoms. The van der Waals surface area contributed by atoms with Gasteiger partial charge in [0.2, 0.25) is 0 Å². The average Bonchev–Trinajstić information content (AvgIpc) is 3.15. The van der Waals surface area contributed by atoms with E-state index in [-0.39, 0.29) is 18.4 Å². The number of amides is 2. The number of nitrogens with zero attached hydrogens (tertiary/aromatic N) is 1. The Hall–Kier alpha value is -2.82. The van der Waals surface area contributed by atoms with E-state index in [1.807, 2.05) is 30.0 Å². The molecule has 1 fully saturated rings. The predicted octanol–water partition coefficient (Wildman–Crippen LogP) is 3.25. The second-order valence-electron chi connectivity index (χ2n) is 6.17. The predicted molar refractivity (Wildman–Crippen MR) is 96.9 cm³/mol. The molecule has 0 aromatic heterocycles. The van der Waals surface area contributed by atoms with Crippen LogP contribution < -0.4 is 10.1 Å². The van der Waals surface area contributed by atoms with Crippen LogP contribution in [-0.2, 0) is 4.79 Å². The molecule has 0 radical (unpaired) electrons. The molecule has 0 unspecified atom stereocenters. The lowest BCUT2D eigenvalue weighted by molar-refractivity contribution is -0.132. The highest BCUT2D eigenvalue weighted by Crippen LogP contribution is 2.19. The second kappa shape index (κ2) is 7.83. The molecule has 1 aliphatic heterocycles. The van der Waals surface area contributed by atoms with Gasteiger partial charge < -0.3 is 15.0 Å². The maximum absolute atomic E-state index is 12.4. The Morgan fingerprint density at radius 1 is 1.08 bits per heavy atom. The largest absolute Gasteiger partial charge is 0.484 e. The topological polar surface area (TPSA) is 58.6 Å². The number of nitrogens with one attached hydrogen (secondary N) is 1. The van der Waals surface area contributed by atoms with Gasteiger partial charge in [0.25, 0.3) is 11.8 Å². The van der Waals surface area contributed by atoms with Gasteiger partial charge >= 0.3 is 0 Å². The number of ether oxygens (including phenoxy) is 1. The number of carbonyl (C=O) groups is 2. The third-order valence-electron chi connectivity index (χ3n) is 4.30. The molecule has 1 saturated heterocycles. The molecule has 2 aromatic carbocycles. The summed E-state index contributed by atoms with van der Waals surface area (Å²) in [4.78, 5) is 26.2. The van der Waals surface area contributed by atoms with Gasteiger partial charge in [-0.25, -0.2) is 0 Å². The van der Waals surface area contributed by atoms with Crippen LogP contribution in [-0.4, -0.2) is 36.4 Å². The van der Waals surface area contributed by atoms with Crippen molar-refractivity contribution in [2.45, 2.75) is 19.8 Å². The van der Waals surface area contributed by atoms with Crippen LogP contribution in [0.2, 0.25) is 0 Å². The van der Waals surface area contributed by atoms with Gasteiger partial charge in [0.1, 0.15) is 5.75 Å². The van der Waals surface area contributed by atoms with Gasteiger partial charge in [-0.3, -0.25) is 9.59 Å². The number of hydrogen-bond donors (Lipinski definition) is 1. The molecule has 130 valence electrons. The summed E-state index contributed by atoms with van der Waals surface area (Å²) in [6.45, 7) is 3.55. The standard InChI is InChI=1S/C20H22N2O3/c1-15-7-2-3-10-18(15)20(24)21-16-8-6-9-17(13-16)25-14-19(23)22-11-4-5-12-22/h2-3,6-10,13H,4-5,11-12,14H2,1H3,(H,21,24). The van der Waals surface area contributed by atoms with E-state index in [1.165, 1.54) is 0 Å². The summed E-state index contributed by atoms with van der Waals surface area (Å²) >= 11 is 0. The van der Waals surface area contributed by atoms with E-state index in [0.29, 0.717) is 17.0 Å². The van der Waals surface area contributed by atoms with Crippen molar-refractivity contribution in [3.8, 4) is 5.75 Å². The highest BCUT2D eigenvalue weighted by atomic mass is 16.5. The van der Waals surface area contributed by atoms with E-state index in [4.69, 9.17) is 4.74 Å². The van der Waals surface area contributed by atoms with E-state index in [0.717, 1.165) is 31.5 Å².